The monoisotopic (exact) mass is 784 g/mol. The largest absolute Gasteiger partial charge is 0.355 e. The molecular formula is C32H24N4O12S4. The summed E-state index contributed by atoms with van der Waals surface area (Å²) in [5.41, 5.74) is 0.767. The fraction of sp³-hybridized carbons (Fsp3) is 0. The molecule has 6 aromatic carbocycles. The van der Waals surface area contributed by atoms with Crippen molar-refractivity contribution >= 4 is 96.1 Å². The molecule has 268 valence electrons. The van der Waals surface area contributed by atoms with Crippen molar-refractivity contribution < 1.29 is 51.9 Å². The van der Waals surface area contributed by atoms with Crippen LogP contribution in [-0.2, 0) is 40.5 Å². The molecule has 0 bridgehead atoms. The molecule has 6 rings (SSSR count). The van der Waals surface area contributed by atoms with Crippen LogP contribution in [0.4, 0.5) is 34.1 Å². The maximum Gasteiger partial charge on any atom is 0.296 e. The molecule has 0 saturated carbocycles. The van der Waals surface area contributed by atoms with Crippen molar-refractivity contribution in [1.82, 2.24) is 0 Å². The van der Waals surface area contributed by atoms with Crippen molar-refractivity contribution in [2.45, 2.75) is 19.6 Å². The lowest BCUT2D eigenvalue weighted by Crippen LogP contribution is -2.03. The Morgan fingerprint density at radius 3 is 1.65 bits per heavy atom. The molecule has 0 aromatic heterocycles. The Morgan fingerprint density at radius 2 is 1.00 bits per heavy atom. The van der Waals surface area contributed by atoms with E-state index >= 15 is 0 Å². The first kappa shape index (κ1) is 36.5. The minimum atomic E-state index is -4.95. The molecule has 0 unspecified atom stereocenters. The summed E-state index contributed by atoms with van der Waals surface area (Å²) in [6.45, 7) is 0. The van der Waals surface area contributed by atoms with Crippen LogP contribution in [0.15, 0.2) is 139 Å². The first-order valence-corrected chi connectivity index (χ1v) is 20.2. The molecule has 0 aliphatic carbocycles. The fourth-order valence-electron chi connectivity index (χ4n) is 5.35. The van der Waals surface area contributed by atoms with Crippen LogP contribution in [0.3, 0.4) is 0 Å². The quantitative estimate of drug-likeness (QED) is 0.0611. The van der Waals surface area contributed by atoms with Gasteiger partial charge in [0.2, 0.25) is 0 Å². The Bertz CT molecular complexity index is 2900. The zero-order chi connectivity index (χ0) is 37.6. The molecule has 0 spiro atoms. The van der Waals surface area contributed by atoms with Gasteiger partial charge in [-0.25, -0.2) is 0 Å². The molecule has 20 heteroatoms. The Kier molecular flexibility index (Phi) is 9.36. The van der Waals surface area contributed by atoms with Crippen molar-refractivity contribution in [2.24, 2.45) is 10.2 Å². The number of nitrogens with zero attached hydrogens (tertiary/aromatic N) is 2. The van der Waals surface area contributed by atoms with Crippen LogP contribution in [0.1, 0.15) is 0 Å². The highest BCUT2D eigenvalue weighted by Crippen LogP contribution is 2.41. The van der Waals surface area contributed by atoms with E-state index in [1.165, 1.54) is 30.3 Å². The Hall–Kier alpha value is -5.32. The van der Waals surface area contributed by atoms with E-state index in [4.69, 9.17) is 0 Å². The van der Waals surface area contributed by atoms with Gasteiger partial charge in [-0.05, 0) is 72.8 Å². The molecule has 6 aromatic rings. The van der Waals surface area contributed by atoms with E-state index in [1.54, 1.807) is 48.5 Å². The number of para-hydroxylation sites is 1. The van der Waals surface area contributed by atoms with Crippen molar-refractivity contribution in [2.75, 3.05) is 10.6 Å². The number of rotatable bonds is 10. The van der Waals surface area contributed by atoms with Crippen molar-refractivity contribution in [3.05, 3.63) is 109 Å². The number of nitrogens with one attached hydrogen (secondary N) is 2. The Labute approximate surface area is 296 Å². The first-order chi connectivity index (χ1) is 24.3. The Balaban J connectivity index is 1.52. The topological polar surface area (TPSA) is 266 Å². The highest BCUT2D eigenvalue weighted by molar-refractivity contribution is 7.86. The van der Waals surface area contributed by atoms with Crippen LogP contribution in [0, 0.1) is 0 Å². The minimum absolute atomic E-state index is 0.0260. The second-order valence-electron chi connectivity index (χ2n) is 11.0. The molecule has 6 N–H and O–H groups in total. The third-order valence-electron chi connectivity index (χ3n) is 7.64. The number of hydrogen-bond donors (Lipinski definition) is 6. The van der Waals surface area contributed by atoms with Gasteiger partial charge >= 0.3 is 0 Å². The molecule has 0 fully saturated rings. The average molecular weight is 785 g/mol. The highest BCUT2D eigenvalue weighted by Gasteiger charge is 2.22. The summed E-state index contributed by atoms with van der Waals surface area (Å²) in [6.07, 6.45) is 0. The lowest BCUT2D eigenvalue weighted by Gasteiger charge is -2.18. The van der Waals surface area contributed by atoms with E-state index in [9.17, 15) is 51.9 Å². The van der Waals surface area contributed by atoms with E-state index in [2.05, 4.69) is 20.9 Å². The first-order valence-electron chi connectivity index (χ1n) is 14.5. The normalized spacial score (nSPS) is 12.8. The fourth-order valence-corrected chi connectivity index (χ4v) is 7.69. The van der Waals surface area contributed by atoms with Gasteiger partial charge in [0.05, 0.1) is 15.5 Å². The summed E-state index contributed by atoms with van der Waals surface area (Å²) < 4.78 is 136. The number of fused-ring (bicyclic) bond motifs is 2. The summed E-state index contributed by atoms with van der Waals surface area (Å²) in [4.78, 5) is -2.50. The zero-order valence-electron chi connectivity index (χ0n) is 26.0. The zero-order valence-corrected chi connectivity index (χ0v) is 29.2. The van der Waals surface area contributed by atoms with Gasteiger partial charge < -0.3 is 10.6 Å². The molecule has 52 heavy (non-hydrogen) atoms. The predicted octanol–water partition coefficient (Wildman–Crippen LogP) is 6.88. The number of benzene rings is 6. The summed E-state index contributed by atoms with van der Waals surface area (Å²) in [5.74, 6) is 0. The van der Waals surface area contributed by atoms with E-state index in [0.717, 1.165) is 18.2 Å². The molecular weight excluding hydrogens is 761 g/mol. The maximum absolute atomic E-state index is 12.5. The third-order valence-corrected chi connectivity index (χ3v) is 11.1. The van der Waals surface area contributed by atoms with Crippen molar-refractivity contribution in [1.29, 1.82) is 0 Å². The summed E-state index contributed by atoms with van der Waals surface area (Å²) in [5, 5.41) is 14.8. The van der Waals surface area contributed by atoms with Gasteiger partial charge in [-0.1, -0.05) is 36.4 Å². The van der Waals surface area contributed by atoms with Crippen LogP contribution >= 0.6 is 0 Å². The molecule has 0 radical (unpaired) electrons. The highest BCUT2D eigenvalue weighted by atomic mass is 32.2. The third kappa shape index (κ3) is 7.63. The van der Waals surface area contributed by atoms with Crippen LogP contribution in [0.2, 0.25) is 0 Å². The number of hydrogen-bond acceptors (Lipinski definition) is 12. The molecule has 0 amide bonds. The number of azo groups is 1. The van der Waals surface area contributed by atoms with Crippen molar-refractivity contribution in [3.8, 4) is 0 Å². The van der Waals surface area contributed by atoms with Gasteiger partial charge in [-0.3, -0.25) is 18.2 Å². The van der Waals surface area contributed by atoms with E-state index in [-0.39, 0.29) is 27.5 Å². The van der Waals surface area contributed by atoms with Gasteiger partial charge in [0.1, 0.15) is 15.5 Å². The number of anilines is 4. The lowest BCUT2D eigenvalue weighted by atomic mass is 10.0. The second-order valence-corrected chi connectivity index (χ2v) is 16.6. The predicted molar refractivity (Wildman–Crippen MR) is 191 cm³/mol. The smallest absolute Gasteiger partial charge is 0.296 e. The molecule has 0 heterocycles. The van der Waals surface area contributed by atoms with E-state index in [1.807, 2.05) is 0 Å². The van der Waals surface area contributed by atoms with Gasteiger partial charge in [-0.2, -0.15) is 33.7 Å². The standard InChI is InChI=1S/C32H24N4O12S4/c37-49(38,39)20-9-11-22-24(17-20)26(12-14-27(22)35-36-29-18-21(50(40,41)42)10-16-30(29)51(43,44)45)34-25-13-15-28(33-19-5-2-1-3-6-19)32-23(25)7-4-8-31(32)52(46,47)48/h1-18,33-34H,(H,37,38,39)(H,40,41,42)(H,43,44,45)(H,46,47,48). The van der Waals surface area contributed by atoms with Crippen LogP contribution in [0.25, 0.3) is 21.5 Å². The molecule has 0 atom stereocenters. The van der Waals surface area contributed by atoms with Gasteiger partial charge in [0, 0.05) is 44.3 Å². The van der Waals surface area contributed by atoms with Crippen LogP contribution in [-0.4, -0.2) is 51.9 Å². The molecule has 16 nitrogen and oxygen atoms in total. The van der Waals surface area contributed by atoms with Crippen LogP contribution < -0.4 is 10.6 Å². The lowest BCUT2D eigenvalue weighted by molar-refractivity contribution is 0.478. The van der Waals surface area contributed by atoms with E-state index < -0.39 is 65.7 Å². The van der Waals surface area contributed by atoms with Gasteiger partial charge in [-0.15, -0.1) is 10.2 Å². The molecule has 0 aliphatic rings. The summed E-state index contributed by atoms with van der Waals surface area (Å²) in [6, 6.07) is 24.5. The van der Waals surface area contributed by atoms with Gasteiger partial charge in [0.25, 0.3) is 40.5 Å². The van der Waals surface area contributed by atoms with Crippen LogP contribution in [0.5, 0.6) is 0 Å². The second kappa shape index (κ2) is 13.3. The van der Waals surface area contributed by atoms with Gasteiger partial charge in [0.15, 0.2) is 0 Å². The minimum Gasteiger partial charge on any atom is -0.355 e. The van der Waals surface area contributed by atoms with E-state index in [0.29, 0.717) is 34.6 Å². The summed E-state index contributed by atoms with van der Waals surface area (Å²) >= 11 is 0. The molecule has 0 saturated heterocycles. The summed E-state index contributed by atoms with van der Waals surface area (Å²) in [7, 11) is -19.3. The SMILES string of the molecule is O=S(=O)(O)c1ccc(S(=O)(=O)O)c(N=Nc2ccc(Nc3ccc(Nc4ccccc4)c4c(S(=O)(=O)O)cccc34)c3cc(S(=O)(=O)O)ccc23)c1. The Morgan fingerprint density at radius 1 is 0.423 bits per heavy atom. The average Bonchev–Trinajstić information content (AvgIpc) is 3.07. The van der Waals surface area contributed by atoms with Crippen molar-refractivity contribution in [3.63, 3.8) is 0 Å². The molecule has 0 aliphatic heterocycles. The maximum atomic E-state index is 12.5.